The highest BCUT2D eigenvalue weighted by Gasteiger charge is 2.16. The molecule has 0 aliphatic heterocycles. The highest BCUT2D eigenvalue weighted by molar-refractivity contribution is 9.10. The molecule has 0 amide bonds. The van der Waals surface area contributed by atoms with Crippen LogP contribution < -0.4 is 4.90 Å². The first kappa shape index (κ1) is 15.3. The molecular weight excluding hydrogens is 341 g/mol. The molecule has 0 bridgehead atoms. The van der Waals surface area contributed by atoms with Crippen LogP contribution in [-0.4, -0.2) is 7.05 Å². The normalized spacial score (nSPS) is 12.2. The van der Waals surface area contributed by atoms with Gasteiger partial charge in [0.1, 0.15) is 5.82 Å². The van der Waals surface area contributed by atoms with Gasteiger partial charge in [0.2, 0.25) is 0 Å². The number of anilines is 1. The van der Waals surface area contributed by atoms with Crippen LogP contribution in [0.25, 0.3) is 0 Å². The lowest BCUT2D eigenvalue weighted by Gasteiger charge is -2.28. The summed E-state index contributed by atoms with van der Waals surface area (Å²) in [5, 5.41) is 0. The number of hydrogen-bond acceptors (Lipinski definition) is 1. The number of nitrogens with zero attached hydrogens (tertiary/aromatic N) is 1. The third kappa shape index (κ3) is 3.15. The van der Waals surface area contributed by atoms with Gasteiger partial charge >= 0.3 is 0 Å². The summed E-state index contributed by atoms with van der Waals surface area (Å²) in [7, 11) is 1.96. The van der Waals surface area contributed by atoms with Gasteiger partial charge in [-0.2, -0.15) is 0 Å². The molecule has 0 radical (unpaired) electrons. The summed E-state index contributed by atoms with van der Waals surface area (Å²) in [5.41, 5.74) is 2.75. The summed E-state index contributed by atoms with van der Waals surface area (Å²) in [5.74, 6) is 0.288. The van der Waals surface area contributed by atoms with Gasteiger partial charge < -0.3 is 4.90 Å². The Morgan fingerprint density at radius 2 is 1.95 bits per heavy atom. The summed E-state index contributed by atoms with van der Waals surface area (Å²) < 4.78 is 14.8. The molecule has 2 aromatic rings. The van der Waals surface area contributed by atoms with Crippen LogP contribution in [-0.2, 0) is 5.88 Å². The number of benzene rings is 2. The van der Waals surface area contributed by atoms with Crippen LogP contribution in [0.3, 0.4) is 0 Å². The molecule has 20 heavy (non-hydrogen) atoms. The van der Waals surface area contributed by atoms with E-state index in [9.17, 15) is 4.39 Å². The highest BCUT2D eigenvalue weighted by Crippen LogP contribution is 2.30. The van der Waals surface area contributed by atoms with Gasteiger partial charge in [-0.15, -0.1) is 11.6 Å². The number of halogens is 3. The fourth-order valence-corrected chi connectivity index (χ4v) is 3.01. The maximum absolute atomic E-state index is 13.9. The monoisotopic (exact) mass is 355 g/mol. The lowest BCUT2D eigenvalue weighted by molar-refractivity contribution is 0.585. The van der Waals surface area contributed by atoms with E-state index in [2.05, 4.69) is 15.9 Å². The molecule has 4 heteroatoms. The first-order valence-electron chi connectivity index (χ1n) is 6.36. The Morgan fingerprint density at radius 3 is 2.55 bits per heavy atom. The maximum atomic E-state index is 13.9. The SMILES string of the molecule is CC(c1ccccc1F)N(C)c1ccc(CCl)c(Br)c1. The third-order valence-electron chi connectivity index (χ3n) is 3.52. The molecular formula is C16H16BrClFN. The van der Waals surface area contributed by atoms with Crippen LogP contribution in [0.1, 0.15) is 24.1 Å². The summed E-state index contributed by atoms with van der Waals surface area (Å²) >= 11 is 9.36. The van der Waals surface area contributed by atoms with Gasteiger partial charge in [-0.25, -0.2) is 4.39 Å². The first-order chi connectivity index (χ1) is 9.54. The van der Waals surface area contributed by atoms with Crippen molar-refractivity contribution in [2.45, 2.75) is 18.8 Å². The fraction of sp³-hybridized carbons (Fsp3) is 0.250. The molecule has 2 rings (SSSR count). The van der Waals surface area contributed by atoms with E-state index in [1.54, 1.807) is 6.07 Å². The van der Waals surface area contributed by atoms with E-state index in [0.29, 0.717) is 11.4 Å². The number of rotatable bonds is 4. The zero-order chi connectivity index (χ0) is 14.7. The second-order valence-corrected chi connectivity index (χ2v) is 5.84. The van der Waals surface area contributed by atoms with E-state index in [4.69, 9.17) is 11.6 Å². The van der Waals surface area contributed by atoms with E-state index >= 15 is 0 Å². The van der Waals surface area contributed by atoms with E-state index in [-0.39, 0.29) is 11.9 Å². The van der Waals surface area contributed by atoms with Crippen molar-refractivity contribution in [1.29, 1.82) is 0 Å². The van der Waals surface area contributed by atoms with Gasteiger partial charge in [0.15, 0.2) is 0 Å². The molecule has 0 aliphatic rings. The second kappa shape index (κ2) is 6.59. The minimum Gasteiger partial charge on any atom is -0.368 e. The Morgan fingerprint density at radius 1 is 1.25 bits per heavy atom. The van der Waals surface area contributed by atoms with Crippen molar-refractivity contribution in [2.75, 3.05) is 11.9 Å². The summed E-state index contributed by atoms with van der Waals surface area (Å²) in [6.45, 7) is 1.99. The van der Waals surface area contributed by atoms with Crippen molar-refractivity contribution in [3.05, 3.63) is 63.9 Å². The van der Waals surface area contributed by atoms with Crippen LogP contribution in [0.2, 0.25) is 0 Å². The Kier molecular flexibility index (Phi) is 5.06. The quantitative estimate of drug-likeness (QED) is 0.652. The number of hydrogen-bond donors (Lipinski definition) is 0. The molecule has 2 aromatic carbocycles. The molecule has 106 valence electrons. The zero-order valence-corrected chi connectivity index (χ0v) is 13.7. The summed E-state index contributed by atoms with van der Waals surface area (Å²) in [4.78, 5) is 2.04. The summed E-state index contributed by atoms with van der Waals surface area (Å²) in [6.07, 6.45) is 0. The lowest BCUT2D eigenvalue weighted by atomic mass is 10.1. The predicted octanol–water partition coefficient (Wildman–Crippen LogP) is 5.52. The van der Waals surface area contributed by atoms with E-state index < -0.39 is 0 Å². The van der Waals surface area contributed by atoms with Gasteiger partial charge in [-0.3, -0.25) is 0 Å². The van der Waals surface area contributed by atoms with Crippen molar-refractivity contribution < 1.29 is 4.39 Å². The van der Waals surface area contributed by atoms with E-state index in [1.165, 1.54) is 6.07 Å². The van der Waals surface area contributed by atoms with Crippen molar-refractivity contribution in [3.8, 4) is 0 Å². The molecule has 1 nitrogen and oxygen atoms in total. The van der Waals surface area contributed by atoms with E-state index in [0.717, 1.165) is 15.7 Å². The van der Waals surface area contributed by atoms with Crippen molar-refractivity contribution in [2.24, 2.45) is 0 Å². The van der Waals surface area contributed by atoms with Crippen molar-refractivity contribution in [1.82, 2.24) is 0 Å². The highest BCUT2D eigenvalue weighted by atomic mass is 79.9. The number of alkyl halides is 1. The smallest absolute Gasteiger partial charge is 0.128 e. The molecule has 0 aromatic heterocycles. The topological polar surface area (TPSA) is 3.24 Å². The third-order valence-corrected chi connectivity index (χ3v) is 4.55. The molecule has 0 fully saturated rings. The molecule has 0 saturated heterocycles. The van der Waals surface area contributed by atoms with Crippen molar-refractivity contribution in [3.63, 3.8) is 0 Å². The molecule has 0 spiro atoms. The minimum absolute atomic E-state index is 0.0510. The second-order valence-electron chi connectivity index (χ2n) is 4.72. The van der Waals surface area contributed by atoms with Crippen LogP contribution in [0, 0.1) is 5.82 Å². The van der Waals surface area contributed by atoms with Crippen molar-refractivity contribution >= 4 is 33.2 Å². The Balaban J connectivity index is 2.29. The molecule has 1 atom stereocenters. The van der Waals surface area contributed by atoms with Crippen LogP contribution in [0.5, 0.6) is 0 Å². The van der Waals surface area contributed by atoms with Gasteiger partial charge in [-0.1, -0.05) is 40.2 Å². The van der Waals surface area contributed by atoms with Crippen LogP contribution >= 0.6 is 27.5 Å². The molecule has 1 unspecified atom stereocenters. The van der Waals surface area contributed by atoms with Gasteiger partial charge in [-0.05, 0) is 30.7 Å². The van der Waals surface area contributed by atoms with Gasteiger partial charge in [0, 0.05) is 28.7 Å². The average molecular weight is 357 g/mol. The standard InChI is InChI=1S/C16H16BrClFN/c1-11(14-5-3-4-6-16(14)19)20(2)13-8-7-12(10-18)15(17)9-13/h3-9,11H,10H2,1-2H3. The largest absolute Gasteiger partial charge is 0.368 e. The van der Waals surface area contributed by atoms with Crippen LogP contribution in [0.4, 0.5) is 10.1 Å². The molecule has 0 heterocycles. The van der Waals surface area contributed by atoms with E-state index in [1.807, 2.05) is 49.2 Å². The first-order valence-corrected chi connectivity index (χ1v) is 7.69. The minimum atomic E-state index is -0.178. The Labute approximate surface area is 132 Å². The molecule has 0 N–H and O–H groups in total. The fourth-order valence-electron chi connectivity index (χ4n) is 2.11. The summed E-state index contributed by atoms with van der Waals surface area (Å²) in [6, 6.07) is 12.8. The molecule has 0 aliphatic carbocycles. The Hall–Kier alpha value is -1.06. The van der Waals surface area contributed by atoms with Gasteiger partial charge in [0.25, 0.3) is 0 Å². The molecule has 0 saturated carbocycles. The maximum Gasteiger partial charge on any atom is 0.128 e. The van der Waals surface area contributed by atoms with Gasteiger partial charge in [0.05, 0.1) is 6.04 Å². The average Bonchev–Trinajstić information content (AvgIpc) is 2.46. The zero-order valence-electron chi connectivity index (χ0n) is 11.4. The lowest BCUT2D eigenvalue weighted by Crippen LogP contribution is -2.22. The predicted molar refractivity (Wildman–Crippen MR) is 86.9 cm³/mol. The van der Waals surface area contributed by atoms with Crippen LogP contribution in [0.15, 0.2) is 46.9 Å². The Bertz CT molecular complexity index is 603.